The molecule has 4 N–H and O–H groups in total. The predicted molar refractivity (Wildman–Crippen MR) is 175 cm³/mol. The Labute approximate surface area is 257 Å². The number of anilines is 1. The van der Waals surface area contributed by atoms with Gasteiger partial charge in [-0.1, -0.05) is 19.1 Å². The lowest BCUT2D eigenvalue weighted by molar-refractivity contribution is -0.114. The van der Waals surface area contributed by atoms with E-state index in [0.717, 1.165) is 66.8 Å². The monoisotopic (exact) mass is 593 g/mol. The zero-order valence-electron chi connectivity index (χ0n) is 27.1. The van der Waals surface area contributed by atoms with Crippen molar-refractivity contribution in [3.63, 3.8) is 0 Å². The summed E-state index contributed by atoms with van der Waals surface area (Å²) in [6.45, 7) is 7.95. The van der Waals surface area contributed by atoms with Crippen molar-refractivity contribution < 1.29 is 19.1 Å². The van der Waals surface area contributed by atoms with Crippen LogP contribution in [0.25, 0.3) is 11.1 Å². The van der Waals surface area contributed by atoms with Crippen LogP contribution in [-0.2, 0) is 9.53 Å². The maximum Gasteiger partial charge on any atom is 0.251 e. The number of nitrogens with two attached hydrogens (primary N) is 1. The summed E-state index contributed by atoms with van der Waals surface area (Å²) in [5.74, 6) is -0.0360. The van der Waals surface area contributed by atoms with Gasteiger partial charge in [-0.05, 0) is 101 Å². The molecule has 9 nitrogen and oxygen atoms in total. The molecule has 0 bridgehead atoms. The fourth-order valence-electron chi connectivity index (χ4n) is 5.83. The molecule has 9 heteroatoms. The molecule has 0 saturated heterocycles. The molecule has 1 aliphatic carbocycles. The number of primary amides is 1. The highest BCUT2D eigenvalue weighted by atomic mass is 16.5. The van der Waals surface area contributed by atoms with Gasteiger partial charge in [-0.2, -0.15) is 0 Å². The SMILES string of the molecule is CCCN(c1cc(-c2ccc(OCCOC)cc2)cc(C(=O)NC/C(C(N)=O)=C(\C)NC)c1C)C1CCC(N(C)C)CC1. The van der Waals surface area contributed by atoms with Crippen molar-refractivity contribution in [2.75, 3.05) is 59.5 Å². The fraction of sp³-hybridized carbons (Fsp3) is 0.529. The summed E-state index contributed by atoms with van der Waals surface area (Å²) in [5.41, 5.74) is 11.1. The molecule has 0 spiro atoms. The van der Waals surface area contributed by atoms with Gasteiger partial charge in [-0.15, -0.1) is 0 Å². The lowest BCUT2D eigenvalue weighted by Gasteiger charge is -2.41. The van der Waals surface area contributed by atoms with E-state index >= 15 is 0 Å². The molecule has 236 valence electrons. The molecule has 1 fully saturated rings. The number of nitrogens with one attached hydrogen (secondary N) is 2. The average molecular weight is 594 g/mol. The van der Waals surface area contributed by atoms with E-state index in [1.54, 1.807) is 21.1 Å². The largest absolute Gasteiger partial charge is 0.491 e. The van der Waals surface area contributed by atoms with Gasteiger partial charge in [0.2, 0.25) is 5.91 Å². The Balaban J connectivity index is 2.03. The number of allylic oxidation sites excluding steroid dienone is 1. The molecule has 0 heterocycles. The third kappa shape index (κ3) is 8.97. The number of carbonyl (C=O) groups is 2. The maximum atomic E-state index is 13.8. The van der Waals surface area contributed by atoms with E-state index in [1.807, 2.05) is 37.3 Å². The smallest absolute Gasteiger partial charge is 0.251 e. The third-order valence-corrected chi connectivity index (χ3v) is 8.53. The van der Waals surface area contributed by atoms with Gasteiger partial charge < -0.3 is 35.6 Å². The van der Waals surface area contributed by atoms with Crippen molar-refractivity contribution in [3.8, 4) is 16.9 Å². The summed E-state index contributed by atoms with van der Waals surface area (Å²) in [4.78, 5) is 30.7. The second-order valence-corrected chi connectivity index (χ2v) is 11.6. The number of amides is 2. The number of ether oxygens (including phenoxy) is 2. The molecule has 43 heavy (non-hydrogen) atoms. The van der Waals surface area contributed by atoms with Crippen LogP contribution in [0.15, 0.2) is 47.7 Å². The molecular formula is C34H51N5O4. The number of nitrogens with zero attached hydrogens (tertiary/aromatic N) is 2. The standard InChI is InChI=1S/C34H51N5O4/c1-8-17-39(28-13-11-27(12-14-28)38(5)6)32-21-26(25-9-15-29(16-10-25)43-19-18-42-7)20-30(23(32)2)34(41)37-22-31(33(35)40)24(3)36-4/h9-10,15-16,20-21,27-28,36H,8,11-14,17-19,22H2,1-7H3,(H2,35,40)(H,37,41)/b31-24-. The van der Waals surface area contributed by atoms with Gasteiger partial charge in [0.05, 0.1) is 18.7 Å². The number of hydrogen-bond donors (Lipinski definition) is 3. The molecule has 0 unspecified atom stereocenters. The number of hydrogen-bond acceptors (Lipinski definition) is 7. The van der Waals surface area contributed by atoms with Crippen molar-refractivity contribution in [2.45, 2.75) is 65.0 Å². The van der Waals surface area contributed by atoms with E-state index in [4.69, 9.17) is 15.2 Å². The molecule has 3 rings (SSSR count). The van der Waals surface area contributed by atoms with Gasteiger partial charge in [-0.25, -0.2) is 0 Å². The van der Waals surface area contributed by atoms with Crippen LogP contribution in [0.5, 0.6) is 5.75 Å². The Bertz CT molecular complexity index is 1250. The normalized spacial score (nSPS) is 17.3. The van der Waals surface area contributed by atoms with E-state index in [1.165, 1.54) is 0 Å². The van der Waals surface area contributed by atoms with Gasteiger partial charge in [0.1, 0.15) is 12.4 Å². The fourth-order valence-corrected chi connectivity index (χ4v) is 5.83. The first-order valence-corrected chi connectivity index (χ1v) is 15.4. The second-order valence-electron chi connectivity index (χ2n) is 11.6. The molecule has 1 aliphatic rings. The zero-order valence-corrected chi connectivity index (χ0v) is 27.1. The number of methoxy groups -OCH3 is 1. The summed E-state index contributed by atoms with van der Waals surface area (Å²) >= 11 is 0. The third-order valence-electron chi connectivity index (χ3n) is 8.53. The molecule has 2 aromatic rings. The van der Waals surface area contributed by atoms with Crippen molar-refractivity contribution in [1.82, 2.24) is 15.5 Å². The Morgan fingerprint density at radius 3 is 2.21 bits per heavy atom. The highest BCUT2D eigenvalue weighted by Crippen LogP contribution is 2.36. The van der Waals surface area contributed by atoms with Crippen LogP contribution in [-0.4, -0.2) is 83.4 Å². The molecular weight excluding hydrogens is 542 g/mol. The maximum absolute atomic E-state index is 13.8. The van der Waals surface area contributed by atoms with E-state index in [-0.39, 0.29) is 12.5 Å². The minimum atomic E-state index is -0.562. The van der Waals surface area contributed by atoms with Gasteiger partial charge in [-0.3, -0.25) is 9.59 Å². The summed E-state index contributed by atoms with van der Waals surface area (Å²) in [5, 5.41) is 5.91. The summed E-state index contributed by atoms with van der Waals surface area (Å²) in [7, 11) is 7.70. The van der Waals surface area contributed by atoms with E-state index in [2.05, 4.69) is 47.5 Å². The molecule has 0 atom stereocenters. The molecule has 2 aromatic carbocycles. The number of benzene rings is 2. The minimum Gasteiger partial charge on any atom is -0.491 e. The average Bonchev–Trinajstić information content (AvgIpc) is 3.00. The predicted octanol–water partition coefficient (Wildman–Crippen LogP) is 4.48. The summed E-state index contributed by atoms with van der Waals surface area (Å²) in [6.07, 6.45) is 5.53. The highest BCUT2D eigenvalue weighted by Gasteiger charge is 2.29. The van der Waals surface area contributed by atoms with Crippen LogP contribution in [0.1, 0.15) is 61.9 Å². The lowest BCUT2D eigenvalue weighted by atomic mass is 9.88. The topological polar surface area (TPSA) is 109 Å². The lowest BCUT2D eigenvalue weighted by Crippen LogP contribution is -2.43. The van der Waals surface area contributed by atoms with Gasteiger partial charge in [0.25, 0.3) is 5.91 Å². The van der Waals surface area contributed by atoms with Crippen molar-refractivity contribution in [2.24, 2.45) is 5.73 Å². The van der Waals surface area contributed by atoms with Crippen LogP contribution in [0.3, 0.4) is 0 Å². The van der Waals surface area contributed by atoms with Crippen LogP contribution in [0.2, 0.25) is 0 Å². The van der Waals surface area contributed by atoms with Gasteiger partial charge >= 0.3 is 0 Å². The first-order valence-electron chi connectivity index (χ1n) is 15.4. The second kappa shape index (κ2) is 16.3. The van der Waals surface area contributed by atoms with Crippen LogP contribution in [0, 0.1) is 6.92 Å². The van der Waals surface area contributed by atoms with Crippen molar-refractivity contribution in [1.29, 1.82) is 0 Å². The molecule has 0 radical (unpaired) electrons. The Hall–Kier alpha value is -3.56. The molecule has 2 amide bonds. The van der Waals surface area contributed by atoms with Crippen LogP contribution >= 0.6 is 0 Å². The summed E-state index contributed by atoms with van der Waals surface area (Å²) in [6, 6.07) is 13.1. The van der Waals surface area contributed by atoms with E-state index in [0.29, 0.717) is 42.1 Å². The van der Waals surface area contributed by atoms with Crippen LogP contribution < -0.4 is 26.0 Å². The number of rotatable bonds is 15. The minimum absolute atomic E-state index is 0.0422. The Kier molecular flexibility index (Phi) is 12.9. The van der Waals surface area contributed by atoms with E-state index < -0.39 is 5.91 Å². The highest BCUT2D eigenvalue weighted by molar-refractivity contribution is 6.00. The molecule has 1 saturated carbocycles. The molecule has 0 aromatic heterocycles. The van der Waals surface area contributed by atoms with Crippen LogP contribution in [0.4, 0.5) is 5.69 Å². The van der Waals surface area contributed by atoms with Gasteiger partial charge in [0.15, 0.2) is 0 Å². The first kappa shape index (κ1) is 33.9. The van der Waals surface area contributed by atoms with Crippen molar-refractivity contribution in [3.05, 3.63) is 58.8 Å². The molecule has 0 aliphatic heterocycles. The van der Waals surface area contributed by atoms with Gasteiger partial charge in [0, 0.05) is 49.7 Å². The quantitative estimate of drug-likeness (QED) is 0.206. The van der Waals surface area contributed by atoms with Crippen molar-refractivity contribution >= 4 is 17.5 Å². The zero-order chi connectivity index (χ0) is 31.5. The first-order chi connectivity index (χ1) is 20.6. The summed E-state index contributed by atoms with van der Waals surface area (Å²) < 4.78 is 10.9. The number of carbonyl (C=O) groups excluding carboxylic acids is 2. The Morgan fingerprint density at radius 2 is 1.65 bits per heavy atom. The Morgan fingerprint density at radius 1 is 1.00 bits per heavy atom. The van der Waals surface area contributed by atoms with E-state index in [9.17, 15) is 9.59 Å².